The third-order valence-electron chi connectivity index (χ3n) is 2.21. The molecule has 0 rings (SSSR count). The van der Waals surface area contributed by atoms with E-state index >= 15 is 0 Å². The summed E-state index contributed by atoms with van der Waals surface area (Å²) in [5.74, 6) is 0.142. The Hall–Kier alpha value is -0.530. The zero-order chi connectivity index (χ0) is 14.2. The van der Waals surface area contributed by atoms with Crippen LogP contribution in [-0.2, 0) is 23.7 Å². The maximum absolute atomic E-state index is 10.6. The number of ether oxygens (including phenoxy) is 4. The van der Waals surface area contributed by atoms with Crippen LogP contribution in [0.5, 0.6) is 0 Å². The highest BCUT2D eigenvalue weighted by Gasteiger charge is 1.94. The number of nitrogens with two attached hydrogens (primary N) is 1. The molecule has 0 spiro atoms. The van der Waals surface area contributed by atoms with Crippen molar-refractivity contribution in [3.63, 3.8) is 0 Å². The van der Waals surface area contributed by atoms with E-state index in [0.717, 1.165) is 6.42 Å². The van der Waals surface area contributed by atoms with E-state index in [9.17, 15) is 4.79 Å². The fourth-order valence-electron chi connectivity index (χ4n) is 1.16. The third-order valence-corrected chi connectivity index (χ3v) is 2.21. The third kappa shape index (κ3) is 17.5. The largest absolute Gasteiger partial charge is 0.379 e. The summed E-state index contributed by atoms with van der Waals surface area (Å²) in [5, 5.41) is 0. The Kier molecular flexibility index (Phi) is 15.1. The van der Waals surface area contributed by atoms with Crippen molar-refractivity contribution in [1.82, 2.24) is 0 Å². The van der Waals surface area contributed by atoms with Crippen molar-refractivity contribution in [2.75, 3.05) is 59.4 Å². The topological polar surface area (TPSA) is 80.0 Å². The molecule has 0 aliphatic heterocycles. The average Bonchev–Trinajstić information content (AvgIpc) is 2.39. The minimum atomic E-state index is 0.142. The van der Waals surface area contributed by atoms with Gasteiger partial charge in [0.2, 0.25) is 0 Å². The second kappa shape index (κ2) is 15.5. The van der Waals surface area contributed by atoms with E-state index in [0.29, 0.717) is 65.8 Å². The standard InChI is InChI=1S/C13H27NO5/c1-13(15)3-6-17-8-10-19-12-11-18-9-7-16-5-2-4-14/h2-12,14H2,1H3. The van der Waals surface area contributed by atoms with Crippen LogP contribution in [0.15, 0.2) is 0 Å². The molecular formula is C13H27NO5. The second-order valence-electron chi connectivity index (χ2n) is 4.04. The number of rotatable bonds is 15. The molecular weight excluding hydrogens is 250 g/mol. The molecule has 19 heavy (non-hydrogen) atoms. The van der Waals surface area contributed by atoms with Crippen LogP contribution in [-0.4, -0.2) is 65.2 Å². The van der Waals surface area contributed by atoms with E-state index in [-0.39, 0.29) is 5.78 Å². The number of hydrogen-bond donors (Lipinski definition) is 1. The molecule has 0 saturated heterocycles. The summed E-state index contributed by atoms with van der Waals surface area (Å²) >= 11 is 0. The van der Waals surface area contributed by atoms with Gasteiger partial charge < -0.3 is 24.7 Å². The van der Waals surface area contributed by atoms with Gasteiger partial charge in [-0.3, -0.25) is 4.79 Å². The van der Waals surface area contributed by atoms with Gasteiger partial charge in [-0.05, 0) is 19.9 Å². The van der Waals surface area contributed by atoms with E-state index in [4.69, 9.17) is 24.7 Å². The quantitative estimate of drug-likeness (QED) is 0.436. The Morgan fingerprint density at radius 1 is 0.789 bits per heavy atom. The van der Waals surface area contributed by atoms with Crippen molar-refractivity contribution in [2.45, 2.75) is 19.8 Å². The maximum Gasteiger partial charge on any atom is 0.132 e. The summed E-state index contributed by atoms with van der Waals surface area (Å²) in [5.41, 5.74) is 5.33. The van der Waals surface area contributed by atoms with Crippen LogP contribution in [0, 0.1) is 0 Å². The lowest BCUT2D eigenvalue weighted by Gasteiger charge is -2.07. The van der Waals surface area contributed by atoms with Crippen LogP contribution < -0.4 is 5.73 Å². The van der Waals surface area contributed by atoms with E-state index in [2.05, 4.69) is 0 Å². The minimum Gasteiger partial charge on any atom is -0.379 e. The second-order valence-corrected chi connectivity index (χ2v) is 4.04. The molecule has 0 atom stereocenters. The number of hydrogen-bond acceptors (Lipinski definition) is 6. The molecule has 0 saturated carbocycles. The van der Waals surface area contributed by atoms with Gasteiger partial charge in [0.25, 0.3) is 0 Å². The molecule has 6 nitrogen and oxygen atoms in total. The molecule has 0 bridgehead atoms. The van der Waals surface area contributed by atoms with Crippen LogP contribution >= 0.6 is 0 Å². The Balaban J connectivity index is 2.93. The van der Waals surface area contributed by atoms with E-state index in [1.165, 1.54) is 0 Å². The summed E-state index contributed by atoms with van der Waals surface area (Å²) in [6, 6.07) is 0. The van der Waals surface area contributed by atoms with Gasteiger partial charge in [0.1, 0.15) is 5.78 Å². The van der Waals surface area contributed by atoms with Crippen LogP contribution in [0.25, 0.3) is 0 Å². The minimum absolute atomic E-state index is 0.142. The van der Waals surface area contributed by atoms with Crippen molar-refractivity contribution in [1.29, 1.82) is 0 Å². The lowest BCUT2D eigenvalue weighted by Crippen LogP contribution is -2.13. The molecule has 6 heteroatoms. The monoisotopic (exact) mass is 277 g/mol. The van der Waals surface area contributed by atoms with Gasteiger partial charge in [0, 0.05) is 13.0 Å². The van der Waals surface area contributed by atoms with Crippen molar-refractivity contribution in [3.05, 3.63) is 0 Å². The summed E-state index contributed by atoms with van der Waals surface area (Å²) < 4.78 is 21.1. The zero-order valence-electron chi connectivity index (χ0n) is 11.9. The molecule has 0 aliphatic rings. The predicted molar refractivity (Wildman–Crippen MR) is 72.2 cm³/mol. The molecule has 0 fully saturated rings. The lowest BCUT2D eigenvalue weighted by molar-refractivity contribution is -0.118. The highest BCUT2D eigenvalue weighted by molar-refractivity contribution is 5.75. The van der Waals surface area contributed by atoms with Crippen molar-refractivity contribution < 1.29 is 23.7 Å². The molecule has 0 aliphatic carbocycles. The van der Waals surface area contributed by atoms with Crippen LogP contribution in [0.1, 0.15) is 19.8 Å². The summed E-state index contributed by atoms with van der Waals surface area (Å²) in [6.07, 6.45) is 1.35. The maximum atomic E-state index is 10.6. The van der Waals surface area contributed by atoms with Crippen molar-refractivity contribution >= 4 is 5.78 Å². The highest BCUT2D eigenvalue weighted by atomic mass is 16.6. The van der Waals surface area contributed by atoms with E-state index in [1.807, 2.05) is 0 Å². The van der Waals surface area contributed by atoms with Crippen LogP contribution in [0.4, 0.5) is 0 Å². The molecule has 0 aromatic heterocycles. The number of ketones is 1. The van der Waals surface area contributed by atoms with Gasteiger partial charge in [-0.15, -0.1) is 0 Å². The summed E-state index contributed by atoms with van der Waals surface area (Å²) in [6.45, 7) is 6.65. The first kappa shape index (κ1) is 18.5. The first-order valence-corrected chi connectivity index (χ1v) is 6.78. The fourth-order valence-corrected chi connectivity index (χ4v) is 1.16. The number of Topliss-reactive ketones (excluding diaryl/α,β-unsaturated/α-hetero) is 1. The molecule has 0 aromatic rings. The SMILES string of the molecule is CC(=O)CCOCCOCCOCCOCCCN. The predicted octanol–water partition coefficient (Wildman–Crippen LogP) is 0.381. The molecule has 0 radical (unpaired) electrons. The van der Waals surface area contributed by atoms with Crippen LogP contribution in [0.3, 0.4) is 0 Å². The Bertz CT molecular complexity index is 201. The van der Waals surface area contributed by atoms with Gasteiger partial charge in [-0.1, -0.05) is 0 Å². The molecule has 2 N–H and O–H groups in total. The van der Waals surface area contributed by atoms with Crippen molar-refractivity contribution in [3.8, 4) is 0 Å². The van der Waals surface area contributed by atoms with Gasteiger partial charge in [-0.25, -0.2) is 0 Å². The molecule has 0 aromatic carbocycles. The number of carbonyl (C=O) groups is 1. The normalized spacial score (nSPS) is 10.8. The fraction of sp³-hybridized carbons (Fsp3) is 0.923. The van der Waals surface area contributed by atoms with E-state index in [1.54, 1.807) is 6.92 Å². The van der Waals surface area contributed by atoms with Crippen LogP contribution in [0.2, 0.25) is 0 Å². The Morgan fingerprint density at radius 2 is 1.21 bits per heavy atom. The van der Waals surface area contributed by atoms with Gasteiger partial charge in [-0.2, -0.15) is 0 Å². The van der Waals surface area contributed by atoms with Crippen molar-refractivity contribution in [2.24, 2.45) is 5.73 Å². The van der Waals surface area contributed by atoms with Gasteiger partial charge >= 0.3 is 0 Å². The highest BCUT2D eigenvalue weighted by Crippen LogP contribution is 1.86. The smallest absolute Gasteiger partial charge is 0.132 e. The molecule has 0 heterocycles. The molecule has 114 valence electrons. The molecule has 0 amide bonds. The molecule has 0 unspecified atom stereocenters. The first-order chi connectivity index (χ1) is 9.27. The summed E-state index contributed by atoms with van der Waals surface area (Å²) in [7, 11) is 0. The van der Waals surface area contributed by atoms with Gasteiger partial charge in [0.15, 0.2) is 0 Å². The Labute approximate surface area is 115 Å². The zero-order valence-corrected chi connectivity index (χ0v) is 11.9. The lowest BCUT2D eigenvalue weighted by atomic mass is 10.3. The Morgan fingerprint density at radius 3 is 1.63 bits per heavy atom. The average molecular weight is 277 g/mol. The van der Waals surface area contributed by atoms with Gasteiger partial charge in [0.05, 0.1) is 46.2 Å². The first-order valence-electron chi connectivity index (χ1n) is 6.78. The number of carbonyl (C=O) groups excluding carboxylic acids is 1. The summed E-state index contributed by atoms with van der Waals surface area (Å²) in [4.78, 5) is 10.6. The van der Waals surface area contributed by atoms with E-state index < -0.39 is 0 Å².